The molecule has 18 heavy (non-hydrogen) atoms. The highest BCUT2D eigenvalue weighted by molar-refractivity contribution is 6.09. The monoisotopic (exact) mass is 236 g/mol. The Morgan fingerprint density at radius 2 is 1.56 bits per heavy atom. The minimum Gasteiger partial charge on any atom is -0.326 e. The molecule has 0 spiro atoms. The van der Waals surface area contributed by atoms with E-state index in [0.29, 0.717) is 13.1 Å². The maximum atomic E-state index is 5.85. The van der Waals surface area contributed by atoms with Gasteiger partial charge in [-0.05, 0) is 38.7 Å². The molecule has 90 valence electrons. The molecule has 0 aliphatic carbocycles. The molecule has 0 saturated heterocycles. The summed E-state index contributed by atoms with van der Waals surface area (Å²) in [6.45, 7) is 1.13. The van der Waals surface area contributed by atoms with Gasteiger partial charge in [0.25, 0.3) is 0 Å². The largest absolute Gasteiger partial charge is 0.326 e. The van der Waals surface area contributed by atoms with Crippen LogP contribution in [0.2, 0.25) is 0 Å². The Bertz CT molecular complexity index is 717. The van der Waals surface area contributed by atoms with Crippen molar-refractivity contribution in [3.8, 4) is 0 Å². The minimum atomic E-state index is 0.559. The molecular weight excluding hydrogens is 220 g/mol. The molecule has 0 fully saturated rings. The van der Waals surface area contributed by atoms with E-state index in [-0.39, 0.29) is 0 Å². The van der Waals surface area contributed by atoms with E-state index in [2.05, 4.69) is 48.5 Å². The van der Waals surface area contributed by atoms with Crippen LogP contribution in [-0.4, -0.2) is 0 Å². The van der Waals surface area contributed by atoms with Gasteiger partial charge in [0.15, 0.2) is 0 Å². The van der Waals surface area contributed by atoms with E-state index in [9.17, 15) is 0 Å². The van der Waals surface area contributed by atoms with Crippen molar-refractivity contribution in [3.05, 3.63) is 59.7 Å². The van der Waals surface area contributed by atoms with Gasteiger partial charge in [-0.15, -0.1) is 0 Å². The van der Waals surface area contributed by atoms with Gasteiger partial charge in [0, 0.05) is 13.1 Å². The highest BCUT2D eigenvalue weighted by atomic mass is 14.5. The molecule has 0 unspecified atom stereocenters. The Morgan fingerprint density at radius 1 is 0.778 bits per heavy atom. The van der Waals surface area contributed by atoms with Gasteiger partial charge < -0.3 is 11.5 Å². The smallest absolute Gasteiger partial charge is 0.0184 e. The molecule has 3 rings (SSSR count). The summed E-state index contributed by atoms with van der Waals surface area (Å²) < 4.78 is 0. The summed E-state index contributed by atoms with van der Waals surface area (Å²) in [4.78, 5) is 0. The lowest BCUT2D eigenvalue weighted by Gasteiger charge is -2.09. The van der Waals surface area contributed by atoms with Gasteiger partial charge in [-0.3, -0.25) is 0 Å². The first kappa shape index (κ1) is 11.2. The predicted molar refractivity (Wildman–Crippen MR) is 77.2 cm³/mol. The van der Waals surface area contributed by atoms with Gasteiger partial charge in [-0.25, -0.2) is 0 Å². The fraction of sp³-hybridized carbons (Fsp3) is 0.125. The zero-order valence-electron chi connectivity index (χ0n) is 10.2. The zero-order valence-corrected chi connectivity index (χ0v) is 10.2. The lowest BCUT2D eigenvalue weighted by Crippen LogP contribution is -1.98. The Hall–Kier alpha value is -1.90. The molecule has 2 heteroatoms. The molecule has 0 radical (unpaired) electrons. The number of benzene rings is 3. The van der Waals surface area contributed by atoms with Crippen LogP contribution in [0.5, 0.6) is 0 Å². The zero-order chi connectivity index (χ0) is 12.5. The summed E-state index contributed by atoms with van der Waals surface area (Å²) in [5.74, 6) is 0. The summed E-state index contributed by atoms with van der Waals surface area (Å²) in [6, 6.07) is 17.0. The van der Waals surface area contributed by atoms with Gasteiger partial charge in [0.2, 0.25) is 0 Å². The average molecular weight is 236 g/mol. The van der Waals surface area contributed by atoms with Crippen molar-refractivity contribution in [2.75, 3.05) is 0 Å². The molecule has 0 saturated carbocycles. The van der Waals surface area contributed by atoms with Gasteiger partial charge in [0.05, 0.1) is 0 Å². The molecule has 0 aliphatic heterocycles. The number of nitrogens with two attached hydrogens (primary N) is 2. The van der Waals surface area contributed by atoms with E-state index >= 15 is 0 Å². The van der Waals surface area contributed by atoms with E-state index in [4.69, 9.17) is 11.5 Å². The molecule has 0 heterocycles. The van der Waals surface area contributed by atoms with Crippen molar-refractivity contribution in [2.24, 2.45) is 11.5 Å². The molecule has 4 N–H and O–H groups in total. The molecule has 0 atom stereocenters. The fourth-order valence-corrected chi connectivity index (χ4v) is 2.53. The summed E-state index contributed by atoms with van der Waals surface area (Å²) in [7, 11) is 0. The normalized spacial score (nSPS) is 11.2. The number of fused-ring (bicyclic) bond motifs is 3. The molecule has 0 aromatic heterocycles. The standard InChI is InChI=1S/C16H16N2/c17-9-11-4-5-12-6-7-13-2-1-3-14(10-18)16(13)15(12)8-11/h1-8H,9-10,17-18H2. The maximum Gasteiger partial charge on any atom is 0.0184 e. The van der Waals surface area contributed by atoms with Gasteiger partial charge in [0.1, 0.15) is 0 Å². The van der Waals surface area contributed by atoms with E-state index < -0.39 is 0 Å². The first-order valence-electron chi connectivity index (χ1n) is 6.17. The summed E-state index contributed by atoms with van der Waals surface area (Å²) >= 11 is 0. The molecule has 0 amide bonds. The topological polar surface area (TPSA) is 52.0 Å². The minimum absolute atomic E-state index is 0.559. The van der Waals surface area contributed by atoms with Crippen LogP contribution in [0.4, 0.5) is 0 Å². The van der Waals surface area contributed by atoms with Crippen molar-refractivity contribution in [1.82, 2.24) is 0 Å². The van der Waals surface area contributed by atoms with Crippen LogP contribution in [0, 0.1) is 0 Å². The van der Waals surface area contributed by atoms with Crippen LogP contribution in [0.1, 0.15) is 11.1 Å². The van der Waals surface area contributed by atoms with E-state index in [1.54, 1.807) is 0 Å². The van der Waals surface area contributed by atoms with Crippen LogP contribution in [0.3, 0.4) is 0 Å². The summed E-state index contributed by atoms with van der Waals surface area (Å²) in [5.41, 5.74) is 13.9. The van der Waals surface area contributed by atoms with E-state index in [0.717, 1.165) is 5.56 Å². The Kier molecular flexibility index (Phi) is 2.74. The Morgan fingerprint density at radius 3 is 2.33 bits per heavy atom. The lowest BCUT2D eigenvalue weighted by molar-refractivity contribution is 1.07. The molecule has 3 aromatic rings. The second-order valence-electron chi connectivity index (χ2n) is 4.54. The number of rotatable bonds is 2. The summed E-state index contributed by atoms with van der Waals surface area (Å²) in [5, 5.41) is 4.98. The number of hydrogen-bond donors (Lipinski definition) is 2. The molecule has 0 bridgehead atoms. The first-order chi connectivity index (χ1) is 8.83. The highest BCUT2D eigenvalue weighted by Crippen LogP contribution is 2.29. The van der Waals surface area contributed by atoms with Crippen molar-refractivity contribution in [1.29, 1.82) is 0 Å². The SMILES string of the molecule is NCc1ccc2ccc3cccc(CN)c3c2c1. The second-order valence-corrected chi connectivity index (χ2v) is 4.54. The van der Waals surface area contributed by atoms with Gasteiger partial charge >= 0.3 is 0 Å². The van der Waals surface area contributed by atoms with Gasteiger partial charge in [-0.1, -0.05) is 42.5 Å². The van der Waals surface area contributed by atoms with Crippen molar-refractivity contribution >= 4 is 21.5 Å². The quantitative estimate of drug-likeness (QED) is 0.672. The second kappa shape index (κ2) is 4.41. The fourth-order valence-electron chi connectivity index (χ4n) is 2.53. The molecule has 2 nitrogen and oxygen atoms in total. The van der Waals surface area contributed by atoms with Crippen LogP contribution in [-0.2, 0) is 13.1 Å². The molecular formula is C16H16N2. The number of hydrogen-bond acceptors (Lipinski definition) is 2. The summed E-state index contributed by atoms with van der Waals surface area (Å²) in [6.07, 6.45) is 0. The third-order valence-electron chi connectivity index (χ3n) is 3.47. The van der Waals surface area contributed by atoms with E-state index in [1.165, 1.54) is 27.1 Å². The molecule has 3 aromatic carbocycles. The van der Waals surface area contributed by atoms with Crippen molar-refractivity contribution in [2.45, 2.75) is 13.1 Å². The molecule has 0 aliphatic rings. The maximum absolute atomic E-state index is 5.85. The van der Waals surface area contributed by atoms with Crippen LogP contribution >= 0.6 is 0 Å². The first-order valence-corrected chi connectivity index (χ1v) is 6.17. The van der Waals surface area contributed by atoms with E-state index in [1.807, 2.05) is 0 Å². The highest BCUT2D eigenvalue weighted by Gasteiger charge is 2.05. The third kappa shape index (κ3) is 1.67. The Balaban J connectivity index is 2.49. The third-order valence-corrected chi connectivity index (χ3v) is 3.47. The van der Waals surface area contributed by atoms with Gasteiger partial charge in [-0.2, -0.15) is 0 Å². The van der Waals surface area contributed by atoms with Crippen LogP contribution in [0.25, 0.3) is 21.5 Å². The lowest BCUT2D eigenvalue weighted by atomic mass is 9.96. The van der Waals surface area contributed by atoms with Crippen molar-refractivity contribution in [3.63, 3.8) is 0 Å². The Labute approximate surface area is 106 Å². The van der Waals surface area contributed by atoms with Crippen LogP contribution < -0.4 is 11.5 Å². The van der Waals surface area contributed by atoms with Crippen molar-refractivity contribution < 1.29 is 0 Å². The van der Waals surface area contributed by atoms with Crippen LogP contribution in [0.15, 0.2) is 48.5 Å². The predicted octanol–water partition coefficient (Wildman–Crippen LogP) is 2.91. The average Bonchev–Trinajstić information content (AvgIpc) is 2.45.